The highest BCUT2D eigenvalue weighted by Gasteiger charge is 2.34. The summed E-state index contributed by atoms with van der Waals surface area (Å²) in [4.78, 5) is 12.0. The second-order valence-corrected chi connectivity index (χ2v) is 6.73. The fraction of sp³-hybridized carbons (Fsp3) is 0.471. The Morgan fingerprint density at radius 2 is 1.88 bits per heavy atom. The van der Waals surface area contributed by atoms with E-state index in [1.165, 1.54) is 0 Å². The Labute approximate surface area is 138 Å². The molecule has 4 nitrogen and oxygen atoms in total. The lowest BCUT2D eigenvalue weighted by atomic mass is 9.93. The van der Waals surface area contributed by atoms with E-state index in [0.29, 0.717) is 18.1 Å². The Hall–Kier alpha value is -2.02. The number of carbonyl (C=O) groups is 1. The van der Waals surface area contributed by atoms with Gasteiger partial charge in [0.2, 0.25) is 0 Å². The molecule has 1 aromatic rings. The van der Waals surface area contributed by atoms with Crippen LogP contribution in [-0.2, 0) is 9.47 Å². The zero-order valence-corrected chi connectivity index (χ0v) is 13.8. The molecule has 1 heterocycles. The van der Waals surface area contributed by atoms with Gasteiger partial charge in [0.25, 0.3) is 0 Å². The van der Waals surface area contributed by atoms with Gasteiger partial charge in [-0.1, -0.05) is 6.58 Å². The lowest BCUT2D eigenvalue weighted by molar-refractivity contribution is 0.00320. The van der Waals surface area contributed by atoms with Gasteiger partial charge in [-0.05, 0) is 38.8 Å². The van der Waals surface area contributed by atoms with Crippen LogP contribution in [0.15, 0.2) is 24.3 Å². The van der Waals surface area contributed by atoms with Gasteiger partial charge in [0, 0.05) is 11.6 Å². The molecule has 0 saturated carbocycles. The number of benzene rings is 1. The third-order valence-corrected chi connectivity index (χ3v) is 3.39. The molecular formula is C17H20F3NO3. The van der Waals surface area contributed by atoms with Gasteiger partial charge in [0.15, 0.2) is 11.6 Å². The third-order valence-electron chi connectivity index (χ3n) is 3.39. The standard InChI is InChI=1S/C17H20F3NO3/c1-9-5-14(21-16(22)24-17(2,3)4)15(23-8-9)10-6-12(19)13(20)7-11(10)18/h6-7,14-15H,1,5,8H2,2-4H3,(H,21,22). The fourth-order valence-corrected chi connectivity index (χ4v) is 2.45. The quantitative estimate of drug-likeness (QED) is 0.652. The Morgan fingerprint density at radius 3 is 2.50 bits per heavy atom. The highest BCUT2D eigenvalue weighted by atomic mass is 19.2. The normalized spacial score (nSPS) is 21.5. The molecule has 0 bridgehead atoms. The van der Waals surface area contributed by atoms with Crippen molar-refractivity contribution in [2.45, 2.75) is 44.9 Å². The van der Waals surface area contributed by atoms with Gasteiger partial charge in [0.1, 0.15) is 17.5 Å². The van der Waals surface area contributed by atoms with Crippen LogP contribution in [0.25, 0.3) is 0 Å². The summed E-state index contributed by atoms with van der Waals surface area (Å²) in [6, 6.07) is 0.496. The molecule has 1 N–H and O–H groups in total. The summed E-state index contributed by atoms with van der Waals surface area (Å²) >= 11 is 0. The molecule has 132 valence electrons. The van der Waals surface area contributed by atoms with E-state index in [-0.39, 0.29) is 12.2 Å². The maximum Gasteiger partial charge on any atom is 0.407 e. The molecule has 1 fully saturated rings. The van der Waals surface area contributed by atoms with Crippen LogP contribution in [0.5, 0.6) is 0 Å². The molecule has 2 unspecified atom stereocenters. The van der Waals surface area contributed by atoms with Crippen molar-refractivity contribution in [1.29, 1.82) is 0 Å². The average Bonchev–Trinajstić information content (AvgIpc) is 2.41. The van der Waals surface area contributed by atoms with Crippen molar-refractivity contribution in [2.24, 2.45) is 0 Å². The van der Waals surface area contributed by atoms with Gasteiger partial charge in [-0.15, -0.1) is 0 Å². The topological polar surface area (TPSA) is 47.6 Å². The first-order valence-electron chi connectivity index (χ1n) is 7.49. The molecule has 0 spiro atoms. The lowest BCUT2D eigenvalue weighted by Gasteiger charge is -2.34. The van der Waals surface area contributed by atoms with E-state index in [0.717, 1.165) is 6.07 Å². The van der Waals surface area contributed by atoms with Crippen molar-refractivity contribution >= 4 is 6.09 Å². The first kappa shape index (κ1) is 18.3. The molecule has 24 heavy (non-hydrogen) atoms. The molecule has 1 aliphatic rings. The zero-order valence-electron chi connectivity index (χ0n) is 13.8. The fourth-order valence-electron chi connectivity index (χ4n) is 2.45. The van der Waals surface area contributed by atoms with Crippen LogP contribution in [0.3, 0.4) is 0 Å². The number of hydrogen-bond acceptors (Lipinski definition) is 3. The average molecular weight is 343 g/mol. The van der Waals surface area contributed by atoms with Crippen molar-refractivity contribution in [1.82, 2.24) is 5.32 Å². The predicted molar refractivity (Wildman–Crippen MR) is 81.9 cm³/mol. The third kappa shape index (κ3) is 4.50. The second-order valence-electron chi connectivity index (χ2n) is 6.73. The molecular weight excluding hydrogens is 323 g/mol. The minimum atomic E-state index is -1.28. The Balaban J connectivity index is 2.25. The number of rotatable bonds is 2. The van der Waals surface area contributed by atoms with E-state index in [1.54, 1.807) is 20.8 Å². The number of hydrogen-bond donors (Lipinski definition) is 1. The molecule has 0 radical (unpaired) electrons. The van der Waals surface area contributed by atoms with Crippen LogP contribution in [0, 0.1) is 17.5 Å². The van der Waals surface area contributed by atoms with Crippen molar-refractivity contribution in [3.63, 3.8) is 0 Å². The molecule has 2 rings (SSSR count). The monoisotopic (exact) mass is 343 g/mol. The number of nitrogens with one attached hydrogen (secondary N) is 1. The van der Waals surface area contributed by atoms with Gasteiger partial charge in [0.05, 0.1) is 12.6 Å². The lowest BCUT2D eigenvalue weighted by Crippen LogP contribution is -2.45. The molecule has 1 saturated heterocycles. The SMILES string of the molecule is C=C1COC(c2cc(F)c(F)cc2F)C(NC(=O)OC(C)(C)C)C1. The first-order chi connectivity index (χ1) is 11.1. The first-order valence-corrected chi connectivity index (χ1v) is 7.49. The Kier molecular flexibility index (Phi) is 5.22. The van der Waals surface area contributed by atoms with Crippen LogP contribution < -0.4 is 5.32 Å². The van der Waals surface area contributed by atoms with Crippen molar-refractivity contribution < 1.29 is 27.4 Å². The van der Waals surface area contributed by atoms with Crippen LogP contribution in [0.4, 0.5) is 18.0 Å². The number of ether oxygens (including phenoxy) is 2. The van der Waals surface area contributed by atoms with Crippen molar-refractivity contribution in [3.05, 3.63) is 47.3 Å². The van der Waals surface area contributed by atoms with Gasteiger partial charge < -0.3 is 14.8 Å². The minimum absolute atomic E-state index is 0.135. The molecule has 2 atom stereocenters. The second kappa shape index (κ2) is 6.84. The number of amides is 1. The maximum absolute atomic E-state index is 14.0. The summed E-state index contributed by atoms with van der Waals surface area (Å²) in [5.74, 6) is -3.41. The highest BCUT2D eigenvalue weighted by molar-refractivity contribution is 5.68. The summed E-state index contributed by atoms with van der Waals surface area (Å²) in [5.41, 5.74) is -0.183. The maximum atomic E-state index is 14.0. The Bertz CT molecular complexity index is 655. The molecule has 0 aromatic heterocycles. The van der Waals surface area contributed by atoms with Crippen molar-refractivity contribution in [2.75, 3.05) is 6.61 Å². The van der Waals surface area contributed by atoms with Gasteiger partial charge in [-0.25, -0.2) is 18.0 Å². The van der Waals surface area contributed by atoms with Crippen LogP contribution in [-0.4, -0.2) is 24.3 Å². The summed E-state index contributed by atoms with van der Waals surface area (Å²) in [6.45, 7) is 9.03. The van der Waals surface area contributed by atoms with E-state index in [2.05, 4.69) is 11.9 Å². The summed E-state index contributed by atoms with van der Waals surface area (Å²) < 4.78 is 51.3. The Morgan fingerprint density at radius 1 is 1.25 bits per heavy atom. The summed E-state index contributed by atoms with van der Waals surface area (Å²) in [5, 5.41) is 2.59. The van der Waals surface area contributed by atoms with Crippen LogP contribution >= 0.6 is 0 Å². The van der Waals surface area contributed by atoms with E-state index in [1.807, 2.05) is 0 Å². The van der Waals surface area contributed by atoms with E-state index >= 15 is 0 Å². The minimum Gasteiger partial charge on any atom is -0.444 e. The molecule has 1 aromatic carbocycles. The van der Waals surface area contributed by atoms with Gasteiger partial charge in [-0.3, -0.25) is 0 Å². The van der Waals surface area contributed by atoms with E-state index in [9.17, 15) is 18.0 Å². The zero-order chi connectivity index (χ0) is 18.1. The van der Waals surface area contributed by atoms with E-state index in [4.69, 9.17) is 9.47 Å². The number of alkyl carbamates (subject to hydrolysis) is 1. The van der Waals surface area contributed by atoms with Gasteiger partial charge in [-0.2, -0.15) is 0 Å². The molecule has 0 aliphatic carbocycles. The van der Waals surface area contributed by atoms with E-state index < -0.39 is 41.3 Å². The summed E-state index contributed by atoms with van der Waals surface area (Å²) in [7, 11) is 0. The van der Waals surface area contributed by atoms with Gasteiger partial charge >= 0.3 is 6.09 Å². The molecule has 1 amide bonds. The van der Waals surface area contributed by atoms with Crippen molar-refractivity contribution in [3.8, 4) is 0 Å². The highest BCUT2D eigenvalue weighted by Crippen LogP contribution is 2.33. The predicted octanol–water partition coefficient (Wildman–Crippen LogP) is 4.01. The number of carbonyl (C=O) groups excluding carboxylic acids is 1. The van der Waals surface area contributed by atoms with Crippen LogP contribution in [0.2, 0.25) is 0 Å². The number of halogens is 3. The van der Waals surface area contributed by atoms with Crippen LogP contribution in [0.1, 0.15) is 38.9 Å². The molecule has 1 aliphatic heterocycles. The largest absolute Gasteiger partial charge is 0.444 e. The summed E-state index contributed by atoms with van der Waals surface area (Å²) in [6.07, 6.45) is -1.38. The smallest absolute Gasteiger partial charge is 0.407 e. The molecule has 7 heteroatoms.